The van der Waals surface area contributed by atoms with Crippen LogP contribution < -0.4 is 5.32 Å². The van der Waals surface area contributed by atoms with Gasteiger partial charge in [0.05, 0.1) is 13.2 Å². The molecule has 0 saturated carbocycles. The van der Waals surface area contributed by atoms with Crippen LogP contribution in [0, 0.1) is 0 Å². The number of benzene rings is 2. The fraction of sp³-hybridized carbons (Fsp3) is 0.391. The van der Waals surface area contributed by atoms with Crippen LogP contribution in [0.15, 0.2) is 47.6 Å². The van der Waals surface area contributed by atoms with E-state index < -0.39 is 0 Å². The Morgan fingerprint density at radius 1 is 1.14 bits per heavy atom. The standard InChI is InChI=1S/C23H27N3O3/c1-3-5-12-26-21(16-6-8-17(9-7-16)22(27)24-4-2)25-29-23(26)18-10-11-19-14-28-15-20(19)13-18/h6-11,13,23H,3-5,12,14-15H2,1-2H3,(H,24,27). The van der Waals surface area contributed by atoms with Crippen LogP contribution in [0.1, 0.15) is 65.5 Å². The van der Waals surface area contributed by atoms with Crippen molar-refractivity contribution in [2.45, 2.75) is 46.1 Å². The van der Waals surface area contributed by atoms with Crippen LogP contribution >= 0.6 is 0 Å². The van der Waals surface area contributed by atoms with Crippen molar-refractivity contribution in [2.75, 3.05) is 13.1 Å². The number of carbonyl (C=O) groups is 1. The molecule has 1 amide bonds. The highest BCUT2D eigenvalue weighted by atomic mass is 16.7. The zero-order valence-corrected chi connectivity index (χ0v) is 17.0. The molecule has 0 radical (unpaired) electrons. The Morgan fingerprint density at radius 2 is 1.93 bits per heavy atom. The van der Waals surface area contributed by atoms with Crippen LogP contribution in [0.2, 0.25) is 0 Å². The molecule has 152 valence electrons. The van der Waals surface area contributed by atoms with Crippen molar-refractivity contribution in [2.24, 2.45) is 5.16 Å². The maximum atomic E-state index is 12.0. The molecular formula is C23H27N3O3. The molecular weight excluding hydrogens is 366 g/mol. The Bertz CT molecular complexity index is 908. The Labute approximate surface area is 171 Å². The maximum Gasteiger partial charge on any atom is 0.251 e. The Kier molecular flexibility index (Phi) is 5.81. The summed E-state index contributed by atoms with van der Waals surface area (Å²) in [4.78, 5) is 20.1. The highest BCUT2D eigenvalue weighted by Crippen LogP contribution is 2.33. The van der Waals surface area contributed by atoms with Crippen molar-refractivity contribution in [1.29, 1.82) is 0 Å². The van der Waals surface area contributed by atoms with Gasteiger partial charge in [0.2, 0.25) is 6.23 Å². The molecule has 6 heteroatoms. The summed E-state index contributed by atoms with van der Waals surface area (Å²) in [5.74, 6) is 0.743. The number of carbonyl (C=O) groups excluding carboxylic acids is 1. The van der Waals surface area contributed by atoms with Crippen molar-refractivity contribution < 1.29 is 14.4 Å². The van der Waals surface area contributed by atoms with Gasteiger partial charge < -0.3 is 19.8 Å². The highest BCUT2D eigenvalue weighted by molar-refractivity contribution is 6.01. The summed E-state index contributed by atoms with van der Waals surface area (Å²) >= 11 is 0. The van der Waals surface area contributed by atoms with E-state index in [1.54, 1.807) is 0 Å². The normalized spacial score (nSPS) is 17.7. The van der Waals surface area contributed by atoms with E-state index in [9.17, 15) is 4.79 Å². The molecule has 0 aliphatic carbocycles. The van der Waals surface area contributed by atoms with E-state index in [-0.39, 0.29) is 12.1 Å². The van der Waals surface area contributed by atoms with Gasteiger partial charge in [0.25, 0.3) is 5.91 Å². The molecule has 2 aromatic rings. The Hall–Kier alpha value is -2.86. The molecule has 2 aromatic carbocycles. The van der Waals surface area contributed by atoms with Crippen LogP contribution in [-0.4, -0.2) is 29.7 Å². The molecule has 6 nitrogen and oxygen atoms in total. The van der Waals surface area contributed by atoms with Gasteiger partial charge in [-0.05, 0) is 42.7 Å². The molecule has 2 aliphatic rings. The predicted octanol–water partition coefficient (Wildman–Crippen LogP) is 3.96. The van der Waals surface area contributed by atoms with Gasteiger partial charge in [0, 0.05) is 29.8 Å². The first-order chi connectivity index (χ1) is 14.2. The average Bonchev–Trinajstić information content (AvgIpc) is 3.38. The third-order valence-electron chi connectivity index (χ3n) is 5.32. The van der Waals surface area contributed by atoms with Gasteiger partial charge in [-0.25, -0.2) is 0 Å². The van der Waals surface area contributed by atoms with Crippen molar-refractivity contribution in [3.8, 4) is 0 Å². The van der Waals surface area contributed by atoms with E-state index in [1.165, 1.54) is 11.1 Å². The minimum atomic E-state index is -0.245. The van der Waals surface area contributed by atoms with Gasteiger partial charge >= 0.3 is 0 Å². The first-order valence-corrected chi connectivity index (χ1v) is 10.3. The smallest absolute Gasteiger partial charge is 0.251 e. The van der Waals surface area contributed by atoms with Crippen molar-refractivity contribution in [3.05, 3.63) is 70.3 Å². The zero-order chi connectivity index (χ0) is 20.2. The summed E-state index contributed by atoms with van der Waals surface area (Å²) in [6, 6.07) is 13.9. The van der Waals surface area contributed by atoms with Gasteiger partial charge in [-0.15, -0.1) is 0 Å². The monoisotopic (exact) mass is 393 g/mol. The molecule has 2 aliphatic heterocycles. The molecule has 1 N–H and O–H groups in total. The van der Waals surface area contributed by atoms with E-state index >= 15 is 0 Å². The van der Waals surface area contributed by atoms with E-state index in [2.05, 4.69) is 40.5 Å². The van der Waals surface area contributed by atoms with Crippen molar-refractivity contribution >= 4 is 11.7 Å². The second kappa shape index (κ2) is 8.66. The molecule has 0 saturated heterocycles. The molecule has 0 fully saturated rings. The lowest BCUT2D eigenvalue weighted by molar-refractivity contribution is 0.00851. The number of fused-ring (bicyclic) bond motifs is 1. The molecule has 1 atom stereocenters. The minimum absolute atomic E-state index is 0.0651. The second-order valence-electron chi connectivity index (χ2n) is 7.38. The summed E-state index contributed by atoms with van der Waals surface area (Å²) in [7, 11) is 0. The number of hydrogen-bond donors (Lipinski definition) is 1. The van der Waals surface area contributed by atoms with Crippen LogP contribution in [-0.2, 0) is 22.8 Å². The van der Waals surface area contributed by atoms with E-state index in [1.807, 2.05) is 31.2 Å². The first-order valence-electron chi connectivity index (χ1n) is 10.3. The second-order valence-corrected chi connectivity index (χ2v) is 7.38. The number of ether oxygens (including phenoxy) is 1. The zero-order valence-electron chi connectivity index (χ0n) is 17.0. The molecule has 4 rings (SSSR count). The number of amides is 1. The number of hydrogen-bond acceptors (Lipinski definition) is 5. The largest absolute Gasteiger partial charge is 0.372 e. The quantitative estimate of drug-likeness (QED) is 0.773. The van der Waals surface area contributed by atoms with E-state index in [0.29, 0.717) is 25.3 Å². The fourth-order valence-corrected chi connectivity index (χ4v) is 3.71. The molecule has 0 bridgehead atoms. The molecule has 0 aromatic heterocycles. The van der Waals surface area contributed by atoms with Gasteiger partial charge in [-0.1, -0.05) is 42.8 Å². The molecule has 1 unspecified atom stereocenters. The van der Waals surface area contributed by atoms with E-state index in [4.69, 9.17) is 9.57 Å². The third kappa shape index (κ3) is 3.98. The number of rotatable bonds is 7. The van der Waals surface area contributed by atoms with Crippen LogP contribution in [0.5, 0.6) is 0 Å². The van der Waals surface area contributed by atoms with Gasteiger partial charge in [0.15, 0.2) is 5.84 Å². The van der Waals surface area contributed by atoms with Gasteiger partial charge in [-0.2, -0.15) is 0 Å². The molecule has 0 spiro atoms. The molecule has 29 heavy (non-hydrogen) atoms. The highest BCUT2D eigenvalue weighted by Gasteiger charge is 2.32. The number of nitrogens with zero attached hydrogens (tertiary/aromatic N) is 2. The van der Waals surface area contributed by atoms with Crippen molar-refractivity contribution in [3.63, 3.8) is 0 Å². The minimum Gasteiger partial charge on any atom is -0.372 e. The summed E-state index contributed by atoms with van der Waals surface area (Å²) < 4.78 is 5.55. The number of unbranched alkanes of at least 4 members (excludes halogenated alkanes) is 1. The van der Waals surface area contributed by atoms with Crippen LogP contribution in [0.3, 0.4) is 0 Å². The summed E-state index contributed by atoms with van der Waals surface area (Å²) in [6.45, 7) is 6.88. The van der Waals surface area contributed by atoms with Gasteiger partial charge in [-0.3, -0.25) is 4.79 Å². The molecule has 2 heterocycles. The summed E-state index contributed by atoms with van der Waals surface area (Å²) in [5.41, 5.74) is 5.14. The summed E-state index contributed by atoms with van der Waals surface area (Å²) in [5, 5.41) is 7.24. The van der Waals surface area contributed by atoms with Crippen LogP contribution in [0.25, 0.3) is 0 Å². The summed E-state index contributed by atoms with van der Waals surface area (Å²) in [6.07, 6.45) is 1.89. The SMILES string of the molecule is CCCCN1C(c2ccc(C(=O)NCC)cc2)=NOC1c1ccc2c(c1)COC2. The maximum absolute atomic E-state index is 12.0. The van der Waals surface area contributed by atoms with E-state index in [0.717, 1.165) is 36.3 Å². The number of oxime groups is 1. The van der Waals surface area contributed by atoms with Crippen molar-refractivity contribution in [1.82, 2.24) is 10.2 Å². The fourth-order valence-electron chi connectivity index (χ4n) is 3.71. The first kappa shape index (κ1) is 19.5. The van der Waals surface area contributed by atoms with Gasteiger partial charge in [0.1, 0.15) is 0 Å². The topological polar surface area (TPSA) is 63.2 Å². The van der Waals surface area contributed by atoms with Crippen LogP contribution in [0.4, 0.5) is 0 Å². The Morgan fingerprint density at radius 3 is 2.69 bits per heavy atom. The lowest BCUT2D eigenvalue weighted by atomic mass is 10.0. The number of nitrogens with one attached hydrogen (secondary N) is 1. The Balaban J connectivity index is 1.57. The lowest BCUT2D eigenvalue weighted by Gasteiger charge is -2.26. The predicted molar refractivity (Wildman–Crippen MR) is 111 cm³/mol. The third-order valence-corrected chi connectivity index (χ3v) is 5.32. The average molecular weight is 393 g/mol. The number of amidine groups is 1. The lowest BCUT2D eigenvalue weighted by Crippen LogP contribution is -2.32.